The molecule has 3 nitrogen and oxygen atoms in total. The van der Waals surface area contributed by atoms with Crippen LogP contribution in [0.1, 0.15) is 5.56 Å². The Balaban J connectivity index is 2.42. The van der Waals surface area contributed by atoms with Crippen molar-refractivity contribution in [1.82, 2.24) is 5.32 Å². The van der Waals surface area contributed by atoms with E-state index in [2.05, 4.69) is 21.2 Å². The maximum atomic E-state index is 12.8. The number of benzene rings is 1. The van der Waals surface area contributed by atoms with Crippen LogP contribution in [0, 0.1) is 6.92 Å². The molecule has 0 aromatic heterocycles. The maximum Gasteiger partial charge on any atom is 0.277 e. The quantitative estimate of drug-likeness (QED) is 0.773. The number of aryl methyl sites for hydroxylation is 1. The molecule has 0 aliphatic heterocycles. The van der Waals surface area contributed by atoms with Gasteiger partial charge in [-0.25, -0.2) is 8.78 Å². The fraction of sp³-hybridized carbons (Fsp3) is 0.417. The van der Waals surface area contributed by atoms with Crippen molar-refractivity contribution in [2.75, 3.05) is 18.8 Å². The standard InChI is InChI=1S/C12H15BrF2N2OS/c1-8-4-9(13)2-3-10(8)19-5-11(18)17-7-12(14,15)6-16/h2-4H,5-7,16H2,1H3,(H,17,18). The monoisotopic (exact) mass is 352 g/mol. The number of amides is 1. The van der Waals surface area contributed by atoms with Crippen LogP contribution in [0.3, 0.4) is 0 Å². The number of rotatable bonds is 6. The molecule has 0 aliphatic carbocycles. The smallest absolute Gasteiger partial charge is 0.277 e. The summed E-state index contributed by atoms with van der Waals surface area (Å²) in [6.45, 7) is 0.433. The van der Waals surface area contributed by atoms with Gasteiger partial charge in [0.15, 0.2) is 0 Å². The minimum Gasteiger partial charge on any atom is -0.349 e. The van der Waals surface area contributed by atoms with E-state index < -0.39 is 24.9 Å². The van der Waals surface area contributed by atoms with E-state index in [1.165, 1.54) is 11.8 Å². The largest absolute Gasteiger partial charge is 0.349 e. The highest BCUT2D eigenvalue weighted by atomic mass is 79.9. The lowest BCUT2D eigenvalue weighted by Crippen LogP contribution is -2.42. The zero-order valence-electron chi connectivity index (χ0n) is 10.4. The van der Waals surface area contributed by atoms with Crippen molar-refractivity contribution in [3.63, 3.8) is 0 Å². The third-order valence-corrected chi connectivity index (χ3v) is 4.01. The normalized spacial score (nSPS) is 11.4. The average molecular weight is 353 g/mol. The lowest BCUT2D eigenvalue weighted by atomic mass is 10.2. The van der Waals surface area contributed by atoms with E-state index >= 15 is 0 Å². The summed E-state index contributed by atoms with van der Waals surface area (Å²) < 4.78 is 26.6. The van der Waals surface area contributed by atoms with Gasteiger partial charge in [-0.05, 0) is 30.7 Å². The van der Waals surface area contributed by atoms with E-state index in [0.717, 1.165) is 14.9 Å². The van der Waals surface area contributed by atoms with E-state index in [9.17, 15) is 13.6 Å². The number of hydrogen-bond acceptors (Lipinski definition) is 3. The number of thioether (sulfide) groups is 1. The second-order valence-electron chi connectivity index (χ2n) is 4.04. The van der Waals surface area contributed by atoms with E-state index in [0.29, 0.717) is 0 Å². The first-order chi connectivity index (χ1) is 8.84. The second-order valence-corrected chi connectivity index (χ2v) is 5.97. The van der Waals surface area contributed by atoms with Crippen molar-refractivity contribution in [1.29, 1.82) is 0 Å². The van der Waals surface area contributed by atoms with Gasteiger partial charge < -0.3 is 11.1 Å². The van der Waals surface area contributed by atoms with Gasteiger partial charge in [0.2, 0.25) is 5.91 Å². The lowest BCUT2D eigenvalue weighted by Gasteiger charge is -2.14. The first-order valence-electron chi connectivity index (χ1n) is 5.57. The van der Waals surface area contributed by atoms with Gasteiger partial charge in [-0.2, -0.15) is 0 Å². The molecule has 0 saturated carbocycles. The van der Waals surface area contributed by atoms with Gasteiger partial charge in [-0.1, -0.05) is 15.9 Å². The summed E-state index contributed by atoms with van der Waals surface area (Å²) in [5.74, 6) is -3.38. The summed E-state index contributed by atoms with van der Waals surface area (Å²) in [5, 5.41) is 2.18. The molecule has 0 spiro atoms. The van der Waals surface area contributed by atoms with Crippen molar-refractivity contribution < 1.29 is 13.6 Å². The van der Waals surface area contributed by atoms with Gasteiger partial charge in [0.05, 0.1) is 18.8 Å². The predicted molar refractivity (Wildman–Crippen MR) is 76.6 cm³/mol. The van der Waals surface area contributed by atoms with Crippen LogP contribution in [0.15, 0.2) is 27.6 Å². The van der Waals surface area contributed by atoms with Crippen LogP contribution in [0.5, 0.6) is 0 Å². The Labute approximate surface area is 123 Å². The third kappa shape index (κ3) is 5.88. The molecule has 3 N–H and O–H groups in total. The van der Waals surface area contributed by atoms with Crippen molar-refractivity contribution in [3.05, 3.63) is 28.2 Å². The molecule has 0 bridgehead atoms. The SMILES string of the molecule is Cc1cc(Br)ccc1SCC(=O)NCC(F)(F)CN. The molecule has 0 saturated heterocycles. The van der Waals surface area contributed by atoms with Crippen LogP contribution in [-0.2, 0) is 4.79 Å². The summed E-state index contributed by atoms with van der Waals surface area (Å²) in [6, 6.07) is 5.68. The Morgan fingerprint density at radius 3 is 2.79 bits per heavy atom. The molecular weight excluding hydrogens is 338 g/mol. The van der Waals surface area contributed by atoms with Crippen LogP contribution in [0.25, 0.3) is 0 Å². The summed E-state index contributed by atoms with van der Waals surface area (Å²) in [5.41, 5.74) is 5.91. The molecule has 106 valence electrons. The number of halogens is 3. The number of nitrogens with two attached hydrogens (primary N) is 1. The predicted octanol–water partition coefficient (Wildman–Crippen LogP) is 2.56. The molecule has 1 amide bonds. The Hall–Kier alpha value is -0.660. The van der Waals surface area contributed by atoms with Gasteiger partial charge in [0.25, 0.3) is 5.92 Å². The molecule has 7 heteroatoms. The lowest BCUT2D eigenvalue weighted by molar-refractivity contribution is -0.120. The van der Waals surface area contributed by atoms with Crippen LogP contribution in [-0.4, -0.2) is 30.7 Å². The fourth-order valence-corrected chi connectivity index (χ4v) is 2.58. The molecule has 1 aromatic rings. The minimum absolute atomic E-state index is 0.100. The van der Waals surface area contributed by atoms with Gasteiger partial charge in [0, 0.05) is 9.37 Å². The van der Waals surface area contributed by atoms with Crippen LogP contribution in [0.2, 0.25) is 0 Å². The maximum absolute atomic E-state index is 12.8. The second kappa shape index (κ2) is 7.21. The van der Waals surface area contributed by atoms with Crippen LogP contribution < -0.4 is 11.1 Å². The van der Waals surface area contributed by atoms with Crippen molar-refractivity contribution in [3.8, 4) is 0 Å². The number of alkyl halides is 2. The number of nitrogens with one attached hydrogen (secondary N) is 1. The third-order valence-electron chi connectivity index (χ3n) is 2.34. The molecule has 0 radical (unpaired) electrons. The molecule has 1 aromatic carbocycles. The van der Waals surface area contributed by atoms with Crippen molar-refractivity contribution >= 4 is 33.6 Å². The zero-order valence-corrected chi connectivity index (χ0v) is 12.8. The molecule has 0 atom stereocenters. The number of hydrogen-bond donors (Lipinski definition) is 2. The van der Waals surface area contributed by atoms with Crippen molar-refractivity contribution in [2.24, 2.45) is 5.73 Å². The van der Waals surface area contributed by atoms with E-state index in [1.807, 2.05) is 25.1 Å². The molecule has 0 aliphatic rings. The Kier molecular flexibility index (Phi) is 6.22. The Bertz CT molecular complexity index is 457. The Morgan fingerprint density at radius 2 is 2.21 bits per heavy atom. The highest BCUT2D eigenvalue weighted by molar-refractivity contribution is 9.10. The summed E-state index contributed by atoms with van der Waals surface area (Å²) in [7, 11) is 0. The molecular formula is C12H15BrF2N2OS. The van der Waals surface area contributed by atoms with Gasteiger partial charge in [-0.15, -0.1) is 11.8 Å². The van der Waals surface area contributed by atoms with Gasteiger partial charge in [0.1, 0.15) is 0 Å². The molecule has 0 unspecified atom stereocenters. The van der Waals surface area contributed by atoms with E-state index in [1.54, 1.807) is 0 Å². The number of carbonyl (C=O) groups is 1. The average Bonchev–Trinajstić information content (AvgIpc) is 2.35. The summed E-state index contributed by atoms with van der Waals surface area (Å²) >= 11 is 4.66. The van der Waals surface area contributed by atoms with Gasteiger partial charge in [-0.3, -0.25) is 4.79 Å². The molecule has 0 heterocycles. The molecule has 19 heavy (non-hydrogen) atoms. The Morgan fingerprint density at radius 1 is 1.53 bits per heavy atom. The van der Waals surface area contributed by atoms with E-state index in [-0.39, 0.29) is 5.75 Å². The molecule has 1 rings (SSSR count). The highest BCUT2D eigenvalue weighted by Gasteiger charge is 2.27. The zero-order chi connectivity index (χ0) is 14.5. The topological polar surface area (TPSA) is 55.1 Å². The first-order valence-corrected chi connectivity index (χ1v) is 7.35. The fourth-order valence-electron chi connectivity index (χ4n) is 1.27. The number of carbonyl (C=O) groups excluding carboxylic acids is 1. The molecule has 0 fully saturated rings. The van der Waals surface area contributed by atoms with Crippen LogP contribution >= 0.6 is 27.7 Å². The van der Waals surface area contributed by atoms with Gasteiger partial charge >= 0.3 is 0 Å². The summed E-state index contributed by atoms with van der Waals surface area (Å²) in [4.78, 5) is 12.4. The summed E-state index contributed by atoms with van der Waals surface area (Å²) in [6.07, 6.45) is 0. The minimum atomic E-state index is -3.05. The highest BCUT2D eigenvalue weighted by Crippen LogP contribution is 2.25. The van der Waals surface area contributed by atoms with E-state index in [4.69, 9.17) is 5.73 Å². The van der Waals surface area contributed by atoms with Crippen molar-refractivity contribution in [2.45, 2.75) is 17.7 Å². The van der Waals surface area contributed by atoms with Crippen LogP contribution in [0.4, 0.5) is 8.78 Å². The first kappa shape index (κ1) is 16.4.